The van der Waals surface area contributed by atoms with E-state index in [9.17, 15) is 0 Å². The van der Waals surface area contributed by atoms with Crippen LogP contribution in [0.5, 0.6) is 0 Å². The van der Waals surface area contributed by atoms with Gasteiger partial charge in [0.1, 0.15) is 5.03 Å². The normalized spacial score (nSPS) is 16.8. The Balaban J connectivity index is 1.48. The number of aromatic nitrogens is 1. The Labute approximate surface area is 156 Å². The zero-order valence-electron chi connectivity index (χ0n) is 13.0. The first-order chi connectivity index (χ1) is 11.7. The van der Waals surface area contributed by atoms with Gasteiger partial charge in [0.25, 0.3) is 0 Å². The Hall–Kier alpha value is -1.34. The van der Waals surface area contributed by atoms with E-state index in [1.54, 1.807) is 18.0 Å². The topological polar surface area (TPSA) is 46.2 Å². The van der Waals surface area contributed by atoms with E-state index < -0.39 is 0 Å². The number of nitrogens with one attached hydrogen (secondary N) is 2. The summed E-state index contributed by atoms with van der Waals surface area (Å²) in [7, 11) is 0. The van der Waals surface area contributed by atoms with Gasteiger partial charge in [0.05, 0.1) is 18.0 Å². The van der Waals surface area contributed by atoms with Crippen LogP contribution in [0, 0.1) is 0 Å². The molecule has 0 bridgehead atoms. The van der Waals surface area contributed by atoms with Crippen LogP contribution >= 0.6 is 35.6 Å². The molecule has 0 spiro atoms. The molecule has 24 heavy (non-hydrogen) atoms. The molecule has 3 rings (SSSR count). The summed E-state index contributed by atoms with van der Waals surface area (Å²) in [4.78, 5) is 5.54. The predicted molar refractivity (Wildman–Crippen MR) is 103 cm³/mol. The second kappa shape index (κ2) is 8.67. The van der Waals surface area contributed by atoms with Crippen molar-refractivity contribution >= 4 is 46.4 Å². The lowest BCUT2D eigenvalue weighted by atomic mass is 10.2. The van der Waals surface area contributed by atoms with Crippen molar-refractivity contribution in [3.05, 3.63) is 47.6 Å². The van der Waals surface area contributed by atoms with Gasteiger partial charge in [-0.25, -0.2) is 4.98 Å². The van der Waals surface area contributed by atoms with E-state index >= 15 is 0 Å². The molecule has 1 aliphatic heterocycles. The molecule has 7 heteroatoms. The monoisotopic (exact) mass is 379 g/mol. The standard InChI is InChI=1S/C17H18ClN3OS2/c18-12-3-6-15(7-4-12)24-16-8-5-13(10-19-16)21-17(23)20-11-14-2-1-9-22-14/h3-8,10,14H,1-2,9,11H2,(H2,20,21,23). The van der Waals surface area contributed by atoms with Crippen LogP contribution in [0.1, 0.15) is 12.8 Å². The van der Waals surface area contributed by atoms with Gasteiger partial charge in [-0.05, 0) is 61.5 Å². The number of hydrogen-bond donors (Lipinski definition) is 2. The van der Waals surface area contributed by atoms with Crippen molar-refractivity contribution < 1.29 is 4.74 Å². The largest absolute Gasteiger partial charge is 0.376 e. The SMILES string of the molecule is S=C(NCC1CCCO1)Nc1ccc(Sc2ccc(Cl)cc2)nc1. The Morgan fingerprint density at radius 1 is 1.29 bits per heavy atom. The quantitative estimate of drug-likeness (QED) is 0.753. The lowest BCUT2D eigenvalue weighted by Crippen LogP contribution is -2.34. The first-order valence-corrected chi connectivity index (χ1v) is 9.35. The van der Waals surface area contributed by atoms with Crippen molar-refractivity contribution in [1.29, 1.82) is 0 Å². The van der Waals surface area contributed by atoms with E-state index in [1.807, 2.05) is 36.4 Å². The van der Waals surface area contributed by atoms with Crippen molar-refractivity contribution in [2.24, 2.45) is 0 Å². The molecule has 1 aromatic heterocycles. The number of anilines is 1. The van der Waals surface area contributed by atoms with Crippen LogP contribution < -0.4 is 10.6 Å². The third-order valence-corrected chi connectivity index (χ3v) is 5.00. The van der Waals surface area contributed by atoms with Gasteiger partial charge in [-0.3, -0.25) is 0 Å². The van der Waals surface area contributed by atoms with Crippen molar-refractivity contribution in [2.75, 3.05) is 18.5 Å². The third-order valence-electron chi connectivity index (χ3n) is 3.54. The summed E-state index contributed by atoms with van der Waals surface area (Å²) in [5.41, 5.74) is 0.861. The van der Waals surface area contributed by atoms with Gasteiger partial charge in [-0.15, -0.1) is 0 Å². The van der Waals surface area contributed by atoms with Crippen molar-refractivity contribution in [3.8, 4) is 0 Å². The number of hydrogen-bond acceptors (Lipinski definition) is 4. The highest BCUT2D eigenvalue weighted by molar-refractivity contribution is 7.99. The molecule has 1 fully saturated rings. The molecule has 0 radical (unpaired) electrons. The summed E-state index contributed by atoms with van der Waals surface area (Å²) < 4.78 is 5.56. The number of pyridine rings is 1. The van der Waals surface area contributed by atoms with Gasteiger partial charge in [-0.1, -0.05) is 23.4 Å². The average Bonchev–Trinajstić information content (AvgIpc) is 3.10. The fourth-order valence-corrected chi connectivity index (χ4v) is 3.41. The Kier molecular flexibility index (Phi) is 6.31. The van der Waals surface area contributed by atoms with Crippen LogP contribution in [-0.4, -0.2) is 29.4 Å². The molecule has 126 valence electrons. The molecule has 2 N–H and O–H groups in total. The highest BCUT2D eigenvalue weighted by Gasteiger charge is 2.15. The number of rotatable bonds is 5. The number of nitrogens with zero attached hydrogens (tertiary/aromatic N) is 1. The summed E-state index contributed by atoms with van der Waals surface area (Å²) in [5, 5.41) is 8.56. The first-order valence-electron chi connectivity index (χ1n) is 7.75. The van der Waals surface area contributed by atoms with E-state index in [2.05, 4.69) is 15.6 Å². The maximum Gasteiger partial charge on any atom is 0.170 e. The van der Waals surface area contributed by atoms with Crippen molar-refractivity contribution in [1.82, 2.24) is 10.3 Å². The molecule has 1 saturated heterocycles. The van der Waals surface area contributed by atoms with Gasteiger partial charge in [0.15, 0.2) is 5.11 Å². The maximum absolute atomic E-state index is 5.89. The highest BCUT2D eigenvalue weighted by atomic mass is 35.5. The molecule has 0 saturated carbocycles. The fourth-order valence-electron chi connectivity index (χ4n) is 2.33. The average molecular weight is 380 g/mol. The molecular formula is C17H18ClN3OS2. The Morgan fingerprint density at radius 3 is 2.79 bits per heavy atom. The minimum absolute atomic E-state index is 0.265. The van der Waals surface area contributed by atoms with Crippen LogP contribution in [0.3, 0.4) is 0 Å². The summed E-state index contributed by atoms with van der Waals surface area (Å²) in [6.07, 6.45) is 4.26. The number of thiocarbonyl (C=S) groups is 1. The molecule has 1 aromatic carbocycles. The van der Waals surface area contributed by atoms with Crippen molar-refractivity contribution in [3.63, 3.8) is 0 Å². The summed E-state index contributed by atoms with van der Waals surface area (Å²) >= 11 is 12.8. The lowest BCUT2D eigenvalue weighted by molar-refractivity contribution is 0.114. The van der Waals surface area contributed by atoms with Crippen LogP contribution in [0.25, 0.3) is 0 Å². The summed E-state index contributed by atoms with van der Waals surface area (Å²) in [6.45, 7) is 1.59. The van der Waals surface area contributed by atoms with Gasteiger partial charge >= 0.3 is 0 Å². The predicted octanol–water partition coefficient (Wildman–Crippen LogP) is 4.35. The van der Waals surface area contributed by atoms with Gasteiger partial charge < -0.3 is 15.4 Å². The smallest absolute Gasteiger partial charge is 0.170 e. The molecular weight excluding hydrogens is 362 g/mol. The summed E-state index contributed by atoms with van der Waals surface area (Å²) in [5.74, 6) is 0. The molecule has 0 aliphatic carbocycles. The van der Waals surface area contributed by atoms with E-state index in [4.69, 9.17) is 28.6 Å². The molecule has 1 atom stereocenters. The second-order valence-electron chi connectivity index (χ2n) is 5.41. The second-order valence-corrected chi connectivity index (χ2v) is 7.35. The van der Waals surface area contributed by atoms with Gasteiger partial charge in [0, 0.05) is 23.1 Å². The van der Waals surface area contributed by atoms with E-state index in [1.165, 1.54) is 0 Å². The van der Waals surface area contributed by atoms with E-state index in [0.29, 0.717) is 5.11 Å². The van der Waals surface area contributed by atoms with Crippen molar-refractivity contribution in [2.45, 2.75) is 28.9 Å². The Bertz CT molecular complexity index is 673. The Morgan fingerprint density at radius 2 is 2.12 bits per heavy atom. The number of halogens is 1. The molecule has 4 nitrogen and oxygen atoms in total. The van der Waals surface area contributed by atoms with Crippen LogP contribution in [0.15, 0.2) is 52.5 Å². The highest BCUT2D eigenvalue weighted by Crippen LogP contribution is 2.27. The molecule has 0 amide bonds. The minimum atomic E-state index is 0.265. The minimum Gasteiger partial charge on any atom is -0.376 e. The van der Waals surface area contributed by atoms with Crippen LogP contribution in [0.4, 0.5) is 5.69 Å². The molecule has 2 aromatic rings. The maximum atomic E-state index is 5.89. The molecule has 2 heterocycles. The van der Waals surface area contributed by atoms with E-state index in [0.717, 1.165) is 46.6 Å². The zero-order valence-corrected chi connectivity index (χ0v) is 15.4. The molecule has 1 aliphatic rings. The molecule has 1 unspecified atom stereocenters. The number of ether oxygens (including phenoxy) is 1. The van der Waals surface area contributed by atoms with E-state index in [-0.39, 0.29) is 6.10 Å². The van der Waals surface area contributed by atoms with Gasteiger partial charge in [0.2, 0.25) is 0 Å². The zero-order chi connectivity index (χ0) is 16.8. The summed E-state index contributed by atoms with van der Waals surface area (Å²) in [6, 6.07) is 11.6. The fraction of sp³-hybridized carbons (Fsp3) is 0.294. The van der Waals surface area contributed by atoms with Gasteiger partial charge in [-0.2, -0.15) is 0 Å². The lowest BCUT2D eigenvalue weighted by Gasteiger charge is -2.14. The first kappa shape index (κ1) is 17.5. The number of benzene rings is 1. The third kappa shape index (κ3) is 5.34. The van der Waals surface area contributed by atoms with Crippen LogP contribution in [0.2, 0.25) is 5.02 Å². The van der Waals surface area contributed by atoms with Crippen LogP contribution in [-0.2, 0) is 4.74 Å².